The molecule has 6 heteroatoms. The second-order valence-electron chi connectivity index (χ2n) is 9.76. The van der Waals surface area contributed by atoms with Gasteiger partial charge >= 0.3 is 5.97 Å². The number of hydrogen-bond donors (Lipinski definition) is 1. The van der Waals surface area contributed by atoms with Gasteiger partial charge in [-0.1, -0.05) is 36.4 Å². The maximum absolute atomic E-state index is 13.7. The number of amides is 1. The summed E-state index contributed by atoms with van der Waals surface area (Å²) in [6, 6.07) is 13.9. The molecule has 176 valence electrons. The zero-order chi connectivity index (χ0) is 24.2. The molecule has 0 aromatic heterocycles. The Hall–Kier alpha value is -3.15. The van der Waals surface area contributed by atoms with Crippen LogP contribution in [0.3, 0.4) is 0 Å². The van der Waals surface area contributed by atoms with E-state index in [0.717, 1.165) is 16.7 Å². The molecular formula is C27H33NO5. The van der Waals surface area contributed by atoms with Crippen molar-refractivity contribution in [2.75, 3.05) is 6.54 Å². The van der Waals surface area contributed by atoms with Crippen LogP contribution < -0.4 is 0 Å². The van der Waals surface area contributed by atoms with Crippen molar-refractivity contribution >= 4 is 17.7 Å². The van der Waals surface area contributed by atoms with Crippen LogP contribution in [-0.2, 0) is 38.4 Å². The van der Waals surface area contributed by atoms with Crippen molar-refractivity contribution < 1.29 is 24.2 Å². The number of carbonyl (C=O) groups excluding carboxylic acids is 3. The Kier molecular flexibility index (Phi) is 7.57. The number of ketones is 1. The number of hydrogen-bond acceptors (Lipinski definition) is 5. The monoisotopic (exact) mass is 451 g/mol. The summed E-state index contributed by atoms with van der Waals surface area (Å²) < 4.78 is 5.48. The molecule has 1 unspecified atom stereocenters. The van der Waals surface area contributed by atoms with Gasteiger partial charge in [0.2, 0.25) is 5.91 Å². The van der Waals surface area contributed by atoms with Gasteiger partial charge in [0.05, 0.1) is 6.04 Å². The highest BCUT2D eigenvalue weighted by Crippen LogP contribution is 2.30. The number of phenolic OH excluding ortho intramolecular Hbond substituents is 1. The minimum absolute atomic E-state index is 0.170. The number of carbonyl (C=O) groups is 3. The third-order valence-electron chi connectivity index (χ3n) is 5.89. The molecule has 0 radical (unpaired) electrons. The zero-order valence-corrected chi connectivity index (χ0v) is 19.8. The van der Waals surface area contributed by atoms with Crippen molar-refractivity contribution in [1.82, 2.24) is 4.90 Å². The Morgan fingerprint density at radius 2 is 1.79 bits per heavy atom. The summed E-state index contributed by atoms with van der Waals surface area (Å²) >= 11 is 0. The number of fused-ring (bicyclic) bond motifs is 1. The molecule has 0 bridgehead atoms. The van der Waals surface area contributed by atoms with Crippen LogP contribution in [0.4, 0.5) is 0 Å². The Bertz CT molecular complexity index is 1010. The number of aromatic hydroxyl groups is 1. The molecule has 0 saturated heterocycles. The van der Waals surface area contributed by atoms with Crippen LogP contribution in [0.2, 0.25) is 0 Å². The van der Waals surface area contributed by atoms with E-state index in [0.29, 0.717) is 25.7 Å². The van der Waals surface area contributed by atoms with Crippen LogP contribution in [0.25, 0.3) is 0 Å². The number of phenols is 1. The third kappa shape index (κ3) is 6.67. The quantitative estimate of drug-likeness (QED) is 0.646. The highest BCUT2D eigenvalue weighted by molar-refractivity contribution is 5.91. The number of aryl methyl sites for hydroxylation is 1. The molecule has 2 aromatic rings. The highest BCUT2D eigenvalue weighted by atomic mass is 16.6. The van der Waals surface area contributed by atoms with Crippen LogP contribution in [0.1, 0.15) is 50.8 Å². The fourth-order valence-electron chi connectivity index (χ4n) is 4.35. The standard InChI is InChI=1S/C27H33NO5/c1-18(29)24(14-19-8-6-5-7-9-19)28(17-25(31)33-27(2,3)4)26(32)22-11-10-21-16-23(30)13-12-20(21)15-22/h5-9,12-13,16,22,24,30H,10-11,14-15,17H2,1-4H3/t22?,24-/m0/s1. The van der Waals surface area contributed by atoms with E-state index in [4.69, 9.17) is 4.74 Å². The van der Waals surface area contributed by atoms with Crippen molar-refractivity contribution in [3.63, 3.8) is 0 Å². The molecule has 2 atom stereocenters. The fourth-order valence-corrected chi connectivity index (χ4v) is 4.35. The lowest BCUT2D eigenvalue weighted by Crippen LogP contribution is -2.51. The van der Waals surface area contributed by atoms with Crippen LogP contribution in [0, 0.1) is 5.92 Å². The first kappa shape index (κ1) is 24.5. The second-order valence-corrected chi connectivity index (χ2v) is 9.76. The molecule has 3 rings (SSSR count). The first-order chi connectivity index (χ1) is 15.5. The summed E-state index contributed by atoms with van der Waals surface area (Å²) in [7, 11) is 0. The summed E-state index contributed by atoms with van der Waals surface area (Å²) in [6.07, 6.45) is 2.09. The van der Waals surface area contributed by atoms with Crippen LogP contribution in [-0.4, -0.2) is 45.9 Å². The molecule has 6 nitrogen and oxygen atoms in total. The predicted molar refractivity (Wildman–Crippen MR) is 126 cm³/mol. The Balaban J connectivity index is 1.88. The molecular weight excluding hydrogens is 418 g/mol. The molecule has 0 saturated carbocycles. The highest BCUT2D eigenvalue weighted by Gasteiger charge is 2.36. The number of rotatable bonds is 7. The minimum atomic E-state index is -0.756. The van der Waals surface area contributed by atoms with Crippen molar-refractivity contribution in [1.29, 1.82) is 0 Å². The van der Waals surface area contributed by atoms with Gasteiger partial charge in [0.1, 0.15) is 17.9 Å². The lowest BCUT2D eigenvalue weighted by atomic mass is 9.82. The SMILES string of the molecule is CC(=O)[C@H](Cc1ccccc1)N(CC(=O)OC(C)(C)C)C(=O)C1CCc2cc(O)ccc2C1. The van der Waals surface area contributed by atoms with Crippen molar-refractivity contribution in [3.05, 3.63) is 65.2 Å². The van der Waals surface area contributed by atoms with Gasteiger partial charge in [-0.25, -0.2) is 0 Å². The van der Waals surface area contributed by atoms with E-state index in [1.807, 2.05) is 36.4 Å². The smallest absolute Gasteiger partial charge is 0.326 e. The van der Waals surface area contributed by atoms with Gasteiger partial charge in [0, 0.05) is 5.92 Å². The van der Waals surface area contributed by atoms with Crippen LogP contribution in [0.15, 0.2) is 48.5 Å². The maximum atomic E-state index is 13.7. The van der Waals surface area contributed by atoms with Crippen LogP contribution in [0.5, 0.6) is 5.75 Å². The molecule has 2 aromatic carbocycles. The number of esters is 1. The van der Waals surface area contributed by atoms with E-state index in [1.165, 1.54) is 11.8 Å². The van der Waals surface area contributed by atoms with Gasteiger partial charge < -0.3 is 14.7 Å². The molecule has 1 aliphatic carbocycles. The first-order valence-corrected chi connectivity index (χ1v) is 11.4. The third-order valence-corrected chi connectivity index (χ3v) is 5.89. The molecule has 0 fully saturated rings. The number of nitrogens with zero attached hydrogens (tertiary/aromatic N) is 1. The summed E-state index contributed by atoms with van der Waals surface area (Å²) in [6.45, 7) is 6.51. The Labute approximate surface area is 195 Å². The van der Waals surface area contributed by atoms with Gasteiger partial charge in [-0.3, -0.25) is 14.4 Å². The molecule has 33 heavy (non-hydrogen) atoms. The largest absolute Gasteiger partial charge is 0.508 e. The Morgan fingerprint density at radius 1 is 1.09 bits per heavy atom. The molecule has 0 spiro atoms. The van der Waals surface area contributed by atoms with Gasteiger partial charge in [-0.15, -0.1) is 0 Å². The van der Waals surface area contributed by atoms with Gasteiger partial charge in [0.15, 0.2) is 5.78 Å². The number of benzene rings is 2. The number of Topliss-reactive ketones (excluding diaryl/α,β-unsaturated/α-hetero) is 1. The van der Waals surface area contributed by atoms with Gasteiger partial charge in [0.25, 0.3) is 0 Å². The van der Waals surface area contributed by atoms with Gasteiger partial charge in [-0.2, -0.15) is 0 Å². The summed E-state index contributed by atoms with van der Waals surface area (Å²) in [5.74, 6) is -1.05. The number of ether oxygens (including phenoxy) is 1. The second kappa shape index (κ2) is 10.2. The van der Waals surface area contributed by atoms with Crippen molar-refractivity contribution in [3.8, 4) is 5.75 Å². The minimum Gasteiger partial charge on any atom is -0.508 e. The predicted octanol–water partition coefficient (Wildman–Crippen LogP) is 3.87. The maximum Gasteiger partial charge on any atom is 0.326 e. The lowest BCUT2D eigenvalue weighted by Gasteiger charge is -2.35. The van der Waals surface area contributed by atoms with E-state index in [2.05, 4.69) is 0 Å². The topological polar surface area (TPSA) is 83.9 Å². The molecule has 0 heterocycles. The normalized spacial score (nSPS) is 16.4. The molecule has 1 N–H and O–H groups in total. The van der Waals surface area contributed by atoms with Gasteiger partial charge in [-0.05, 0) is 82.2 Å². The molecule has 0 aliphatic heterocycles. The van der Waals surface area contributed by atoms with Crippen LogP contribution >= 0.6 is 0 Å². The molecule has 1 amide bonds. The van der Waals surface area contributed by atoms with E-state index >= 15 is 0 Å². The van der Waals surface area contributed by atoms with Crippen molar-refractivity contribution in [2.45, 2.75) is 65.0 Å². The van der Waals surface area contributed by atoms with E-state index < -0.39 is 17.6 Å². The van der Waals surface area contributed by atoms with E-state index in [1.54, 1.807) is 32.9 Å². The summed E-state index contributed by atoms with van der Waals surface area (Å²) in [5.41, 5.74) is 2.27. The van der Waals surface area contributed by atoms with Crippen molar-refractivity contribution in [2.24, 2.45) is 5.92 Å². The fraction of sp³-hybridized carbons (Fsp3) is 0.444. The average Bonchev–Trinajstić information content (AvgIpc) is 2.74. The Morgan fingerprint density at radius 3 is 2.42 bits per heavy atom. The van der Waals surface area contributed by atoms with E-state index in [9.17, 15) is 19.5 Å². The van der Waals surface area contributed by atoms with E-state index in [-0.39, 0.29) is 29.9 Å². The zero-order valence-electron chi connectivity index (χ0n) is 19.8. The summed E-state index contributed by atoms with van der Waals surface area (Å²) in [4.78, 5) is 40.6. The summed E-state index contributed by atoms with van der Waals surface area (Å²) in [5, 5.41) is 9.75. The average molecular weight is 452 g/mol. The molecule has 1 aliphatic rings. The lowest BCUT2D eigenvalue weighted by molar-refractivity contribution is -0.161. The first-order valence-electron chi connectivity index (χ1n) is 11.4.